The molecule has 0 aliphatic carbocycles. The van der Waals surface area contributed by atoms with Gasteiger partial charge in [0.05, 0.1) is 0 Å². The first-order valence-corrected chi connectivity index (χ1v) is 1.50. The van der Waals surface area contributed by atoms with Crippen LogP contribution in [0.25, 0.3) is 0 Å². The Morgan fingerprint density at radius 1 is 0.348 bits per heavy atom. The van der Waals surface area contributed by atoms with Crippen molar-refractivity contribution >= 4 is 0 Å². The fraction of sp³-hybridized carbons (Fsp3) is 0.444. The van der Waals surface area contributed by atoms with E-state index in [4.69, 9.17) is 0 Å². The maximum absolute atomic E-state index is 2.08. The molecule has 0 aromatic heterocycles. The maximum atomic E-state index is 2.08. The van der Waals surface area contributed by atoms with Crippen LogP contribution in [0.2, 0.25) is 0 Å². The van der Waals surface area contributed by atoms with Gasteiger partial charge in [-0.3, -0.25) is 0 Å². The van der Waals surface area contributed by atoms with Crippen molar-refractivity contribution in [2.75, 3.05) is 0 Å². The molecule has 0 atom stereocenters. The zero-order valence-corrected chi connectivity index (χ0v) is 55.3. The number of rotatable bonds is 0. The molecule has 0 aliphatic heterocycles. The van der Waals surface area contributed by atoms with Crippen molar-refractivity contribution in [3.63, 3.8) is 0 Å². The molecule has 0 aliphatic rings. The molecule has 0 saturated heterocycles. The van der Waals surface area contributed by atoms with Gasteiger partial charge in [0.25, 0.3) is 0 Å². The molecule has 0 bridgehead atoms. The zero-order valence-electron chi connectivity index (χ0n) is 15.6. The summed E-state index contributed by atoms with van der Waals surface area (Å²) < 4.78 is 0. The largest absolute Gasteiger partial charge is 3.00 e. The molecule has 0 unspecified atom stereocenters. The molecule has 0 fully saturated rings. The molecule has 13 radical (unpaired) electrons. The Morgan fingerprint density at radius 3 is 0.348 bits per heavy atom. The van der Waals surface area contributed by atoms with E-state index in [0.29, 0.717) is 0 Å². The van der Waals surface area contributed by atoms with Gasteiger partial charge in [-0.05, 0) is 0 Å². The van der Waals surface area contributed by atoms with Gasteiger partial charge in [-0.15, -0.1) is 0 Å². The van der Waals surface area contributed by atoms with Crippen LogP contribution in [0.4, 0.5) is 0 Å². The minimum Gasteiger partial charge on any atom is -0.358 e. The molecule has 0 amide bonds. The zero-order chi connectivity index (χ0) is 3.58. The Bertz CT molecular complexity index is 27.0. The van der Waals surface area contributed by atoms with Gasteiger partial charge in [-0.2, -0.15) is 20.8 Å². The van der Waals surface area contributed by atoms with Crippen molar-refractivity contribution in [1.29, 1.82) is 0 Å². The summed E-state index contributed by atoms with van der Waals surface area (Å²) in [5.74, 6) is 1.42. The Labute approximate surface area is 504 Å². The summed E-state index contributed by atoms with van der Waals surface area (Å²) in [5.41, 5.74) is 0. The van der Waals surface area contributed by atoms with Crippen molar-refractivity contribution in [2.45, 2.75) is 28.2 Å². The van der Waals surface area contributed by atoms with Crippen molar-refractivity contribution in [2.24, 2.45) is 0 Å². The molecule has 0 nitrogen and oxygen atoms in total. The molecule has 105 valence electrons. The maximum Gasteiger partial charge on any atom is 3.00 e. The predicted octanol–water partition coefficient (Wildman–Crippen LogP) is 4.02. The van der Waals surface area contributed by atoms with E-state index in [9.17, 15) is 0 Å². The van der Waals surface area contributed by atoms with Gasteiger partial charge in [0.15, 0.2) is 0 Å². The van der Waals surface area contributed by atoms with Crippen LogP contribution in [0.15, 0.2) is 0 Å². The van der Waals surface area contributed by atoms with E-state index in [-0.39, 0.29) is 495 Å². The first-order chi connectivity index (χ1) is 1.73. The topological polar surface area (TPSA) is 0 Å². The molecule has 0 aromatic carbocycles. The van der Waals surface area contributed by atoms with Crippen LogP contribution < -0.4 is 0 Å². The second kappa shape index (κ2) is 146. The van der Waals surface area contributed by atoms with Crippen molar-refractivity contribution in [1.82, 2.24) is 0 Å². The standard InChI is InChI=1S/C4H9.CH4.4CH3.14Y/c1-4(2)3;;;;;;;;;;;;;;;;;;;/h1-3H3;1H4;4*1H3;;;;;;;;;;;;;;/q-1;;4*-1;;;;;;;;;;;;;;+3. The van der Waals surface area contributed by atoms with Crippen LogP contribution in [0.1, 0.15) is 28.2 Å². The van der Waals surface area contributed by atoms with Gasteiger partial charge < -0.3 is 35.6 Å². The summed E-state index contributed by atoms with van der Waals surface area (Å²) in [6, 6.07) is 0. The van der Waals surface area contributed by atoms with Crippen molar-refractivity contribution < 1.29 is 458 Å². The van der Waals surface area contributed by atoms with E-state index in [2.05, 4.69) is 20.8 Å². The number of hydrogen-bond acceptors (Lipinski definition) is 0. The molecule has 14 heteroatoms. The van der Waals surface area contributed by atoms with Crippen LogP contribution in [0.5, 0.6) is 0 Å². The molecular formula is C9H25Y14-2. The summed E-state index contributed by atoms with van der Waals surface area (Å²) in [4.78, 5) is 0. The third-order valence-corrected chi connectivity index (χ3v) is 0. The Hall–Kier alpha value is 15.5. The Balaban J connectivity index is -0.000000000263. The average Bonchev–Trinajstić information content (AvgIpc) is 0.811. The van der Waals surface area contributed by atoms with Gasteiger partial charge >= 0.3 is 32.7 Å². The Morgan fingerprint density at radius 2 is 0.348 bits per heavy atom. The van der Waals surface area contributed by atoms with E-state index in [1.54, 1.807) is 0 Å². The normalized spacial score (nSPS) is 1.57. The van der Waals surface area contributed by atoms with E-state index in [1.807, 2.05) is 0 Å². The smallest absolute Gasteiger partial charge is 0.358 e. The SMILES string of the molecule is C.C[C-](C)C.[CH3-].[CH3-].[CH3-].[CH3-].[Y+3].[Y].[Y].[Y].[Y].[Y].[Y].[Y].[Y].[Y].[Y].[Y].[Y].[Y]. The van der Waals surface area contributed by atoms with E-state index < -0.39 is 0 Å². The van der Waals surface area contributed by atoms with Crippen LogP contribution in [0.3, 0.4) is 0 Å². The molecule has 0 rings (SSSR count). The van der Waals surface area contributed by atoms with Gasteiger partial charge in [0.2, 0.25) is 0 Å². The average molecular weight is 1380 g/mol. The van der Waals surface area contributed by atoms with Crippen molar-refractivity contribution in [3.05, 3.63) is 35.6 Å². The van der Waals surface area contributed by atoms with Gasteiger partial charge in [0.1, 0.15) is 0 Å². The van der Waals surface area contributed by atoms with Gasteiger partial charge in [-0.1, -0.05) is 7.43 Å². The minimum absolute atomic E-state index is 0. The second-order valence-electron chi connectivity index (χ2n) is 1.50. The van der Waals surface area contributed by atoms with Gasteiger partial charge in [0, 0.05) is 425 Å². The van der Waals surface area contributed by atoms with E-state index in [0.717, 1.165) is 0 Å². The third kappa shape index (κ3) is 197. The predicted molar refractivity (Wildman–Crippen MR) is 52.7 cm³/mol. The fourth-order valence-corrected chi connectivity index (χ4v) is 0. The Kier molecular flexibility index (Phi) is 1010. The number of hydrogen-bond donors (Lipinski definition) is 0. The van der Waals surface area contributed by atoms with Gasteiger partial charge in [-0.25, -0.2) is 0 Å². The summed E-state index contributed by atoms with van der Waals surface area (Å²) in [6.07, 6.45) is 0. The molecule has 0 aromatic rings. The molecule has 0 spiro atoms. The van der Waals surface area contributed by atoms with E-state index in [1.165, 1.54) is 5.92 Å². The fourth-order valence-electron chi connectivity index (χ4n) is 0. The first kappa shape index (κ1) is 158. The second-order valence-corrected chi connectivity index (χ2v) is 1.50. The van der Waals surface area contributed by atoms with Crippen LogP contribution in [-0.4, -0.2) is 0 Å². The summed E-state index contributed by atoms with van der Waals surface area (Å²) in [7, 11) is 0. The molecule has 0 heterocycles. The van der Waals surface area contributed by atoms with Crippen LogP contribution in [0, 0.1) is 35.6 Å². The molecular weight excluding hydrogens is 1350 g/mol. The van der Waals surface area contributed by atoms with E-state index >= 15 is 0 Å². The summed E-state index contributed by atoms with van der Waals surface area (Å²) in [5, 5.41) is 0. The monoisotopic (exact) mass is 1380 g/mol. The molecule has 0 N–H and O–H groups in total. The first-order valence-electron chi connectivity index (χ1n) is 1.50. The van der Waals surface area contributed by atoms with Crippen LogP contribution >= 0.6 is 0 Å². The molecule has 23 heavy (non-hydrogen) atoms. The van der Waals surface area contributed by atoms with Crippen molar-refractivity contribution in [3.8, 4) is 0 Å². The quantitative estimate of drug-likeness (QED) is 0.322. The summed E-state index contributed by atoms with van der Waals surface area (Å²) in [6.45, 7) is 6.25. The molecule has 0 saturated carbocycles. The third-order valence-electron chi connectivity index (χ3n) is 0. The summed E-state index contributed by atoms with van der Waals surface area (Å²) >= 11 is 0. The minimum atomic E-state index is 0. The van der Waals surface area contributed by atoms with Crippen LogP contribution in [-0.2, 0) is 458 Å².